The first-order valence-corrected chi connectivity index (χ1v) is 14.4. The van der Waals surface area contributed by atoms with E-state index in [4.69, 9.17) is 22.0 Å². The Morgan fingerprint density at radius 2 is 1.96 bits per heavy atom. The van der Waals surface area contributed by atoms with Crippen LogP contribution in [0.4, 0.5) is 17.6 Å². The number of allylic oxidation sites excluding steroid dienone is 2. The number of aromatic amines is 1. The van der Waals surface area contributed by atoms with E-state index in [1.807, 2.05) is 0 Å². The van der Waals surface area contributed by atoms with Crippen LogP contribution in [0.3, 0.4) is 0 Å². The normalized spacial score (nSPS) is 18.0. The minimum atomic E-state index is -1.95. The molecule has 1 aromatic carbocycles. The molecular formula is C27H25N10NaO9S. The Labute approximate surface area is 296 Å². The number of aromatic hydroxyl groups is 2. The number of hydrogen-bond donors (Lipinski definition) is 7. The number of oxime groups is 1. The van der Waals surface area contributed by atoms with Gasteiger partial charge in [-0.3, -0.25) is 14.5 Å². The molecule has 0 bridgehead atoms. The molecule has 0 spiro atoms. The van der Waals surface area contributed by atoms with Crippen LogP contribution in [0, 0.1) is 0 Å². The number of rotatable bonds is 11. The number of hydrogen-bond acceptors (Lipinski definition) is 16. The van der Waals surface area contributed by atoms with Crippen molar-refractivity contribution in [3.63, 3.8) is 0 Å². The van der Waals surface area contributed by atoms with Gasteiger partial charge in [0, 0.05) is 11.3 Å². The number of H-pyrrole nitrogens is 1. The van der Waals surface area contributed by atoms with E-state index in [0.717, 1.165) is 29.3 Å². The number of phenolic OH excluding ortho intramolecular Hbond substituents is 2. The van der Waals surface area contributed by atoms with Crippen LogP contribution in [-0.4, -0.2) is 76.7 Å². The number of carboxylic acids is 2. The van der Waals surface area contributed by atoms with Gasteiger partial charge >= 0.3 is 29.6 Å². The number of imidazole rings is 1. The summed E-state index contributed by atoms with van der Waals surface area (Å²) in [5.41, 5.74) is 16.2. The number of benzene rings is 1. The average molecular weight is 689 g/mol. The zero-order valence-corrected chi connectivity index (χ0v) is 27.7. The monoisotopic (exact) mass is 688 g/mol. The first-order chi connectivity index (χ1) is 22.3. The molecule has 1 fully saturated rings. The molecule has 21 heteroatoms. The van der Waals surface area contributed by atoms with Gasteiger partial charge in [0.25, 0.3) is 11.8 Å². The summed E-state index contributed by atoms with van der Waals surface area (Å²) in [6.45, 7) is 0.221. The third-order valence-electron chi connectivity index (χ3n) is 6.90. The van der Waals surface area contributed by atoms with Crippen molar-refractivity contribution in [2.75, 3.05) is 23.0 Å². The average Bonchev–Trinajstić information content (AvgIpc) is 3.45. The van der Waals surface area contributed by atoms with Crippen LogP contribution in [-0.2, 0) is 30.6 Å². The fourth-order valence-corrected chi connectivity index (χ4v) is 5.94. The van der Waals surface area contributed by atoms with Gasteiger partial charge in [0.15, 0.2) is 29.3 Å². The number of aliphatic carboxylic acids is 2. The Bertz CT molecular complexity index is 1880. The predicted molar refractivity (Wildman–Crippen MR) is 158 cm³/mol. The fraction of sp³-hybridized carbons (Fsp3) is 0.185. The number of carbonyl (C=O) groups excluding carboxylic acids is 4. The number of carboxylic acid groups (broad SMARTS) is 2. The van der Waals surface area contributed by atoms with Gasteiger partial charge in [-0.15, -0.1) is 11.8 Å². The van der Waals surface area contributed by atoms with Crippen molar-refractivity contribution in [1.29, 1.82) is 0 Å². The van der Waals surface area contributed by atoms with Crippen LogP contribution >= 0.6 is 11.8 Å². The second kappa shape index (κ2) is 14.6. The number of aromatic nitrogens is 4. The molecule has 4 heterocycles. The number of carbonyl (C=O) groups is 4. The summed E-state index contributed by atoms with van der Waals surface area (Å²) in [7, 11) is 0. The van der Waals surface area contributed by atoms with Crippen LogP contribution in [0.15, 0.2) is 65.4 Å². The van der Waals surface area contributed by atoms with E-state index in [0.29, 0.717) is 5.82 Å². The second-order valence-corrected chi connectivity index (χ2v) is 11.1. The van der Waals surface area contributed by atoms with Crippen LogP contribution < -0.4 is 66.9 Å². The van der Waals surface area contributed by atoms with Crippen molar-refractivity contribution in [2.45, 2.75) is 24.1 Å². The molecule has 0 aliphatic carbocycles. The van der Waals surface area contributed by atoms with E-state index < -0.39 is 58.5 Å². The summed E-state index contributed by atoms with van der Waals surface area (Å²) in [6.07, 6.45) is 3.70. The number of amides is 2. The molecule has 2 aliphatic rings. The molecule has 3 atom stereocenters. The van der Waals surface area contributed by atoms with E-state index in [9.17, 15) is 39.6 Å². The number of phenols is 2. The Morgan fingerprint density at radius 1 is 1.21 bits per heavy atom. The number of thioether (sulfide) groups is 1. The topological polar surface area (TPSA) is 315 Å². The standard InChI is InChI=1S/C27H26N10O9S.Na/c28-16-7-17(29)36(10-32-16)5-1-2-12-9-47-24-19(23(41)37(24)20(12)25(42)43)34-22(40)18(13-8-31-27(30)33-13)35-46-21(26(44)45)11-3-4-14(38)15(39)6-11;/h1-4,6-8,10,19,21,24H,5,9H2,(H11,28,29,30,31,33,34,35,38,39,40,42,43,44,45);/q;+1/p-1/b2-1+;/t19-,21+,24-;/m1./s1. The van der Waals surface area contributed by atoms with E-state index >= 15 is 0 Å². The summed E-state index contributed by atoms with van der Waals surface area (Å²) >= 11 is 1.17. The summed E-state index contributed by atoms with van der Waals surface area (Å²) in [4.78, 5) is 66.9. The predicted octanol–water partition coefficient (Wildman–Crippen LogP) is -6.87. The van der Waals surface area contributed by atoms with Gasteiger partial charge in [-0.05, 0) is 17.7 Å². The number of fused-ring (bicyclic) bond motifs is 1. The molecular weight excluding hydrogens is 663 g/mol. The van der Waals surface area contributed by atoms with E-state index in [1.165, 1.54) is 30.2 Å². The summed E-state index contributed by atoms with van der Waals surface area (Å²) in [6, 6.07) is 3.27. The number of β-lactam (4-membered cyclic amide) rings is 1. The van der Waals surface area contributed by atoms with E-state index in [2.05, 4.69) is 25.4 Å². The van der Waals surface area contributed by atoms with Crippen molar-refractivity contribution in [3.05, 3.63) is 71.5 Å². The number of nitrogens with one attached hydrogen (secondary N) is 2. The quantitative estimate of drug-likeness (QED) is 0.0246. The first kappa shape index (κ1) is 35.5. The van der Waals surface area contributed by atoms with Crippen LogP contribution in [0.2, 0.25) is 0 Å². The van der Waals surface area contributed by atoms with Gasteiger partial charge in [-0.1, -0.05) is 28.4 Å². The van der Waals surface area contributed by atoms with Crippen molar-refractivity contribution in [1.82, 2.24) is 25.2 Å². The van der Waals surface area contributed by atoms with Crippen LogP contribution in [0.25, 0.3) is 0 Å². The molecule has 19 nitrogen and oxygen atoms in total. The molecule has 0 radical (unpaired) electrons. The van der Waals surface area contributed by atoms with Crippen LogP contribution in [0.5, 0.6) is 11.5 Å². The molecule has 244 valence electrons. The SMILES string of the molecule is Nc1cc(N)[n+](C/C=C/C2=C(C(=O)[O-])N3C(=O)[C@@H](NC(=O)/C(=N/O[C@H](C(=O)[O-])c4ccc(O)c(O)c4)c4cnc(N)[nH]4)[C@H]3SC2)cn1.[Na+]. The number of nitrogens with two attached hydrogens (primary N) is 3. The van der Waals surface area contributed by atoms with Gasteiger partial charge in [0.05, 0.1) is 42.1 Å². The summed E-state index contributed by atoms with van der Waals surface area (Å²) in [5, 5.41) is 48.5. The number of anilines is 3. The van der Waals surface area contributed by atoms with Gasteiger partial charge < -0.3 is 62.4 Å². The molecule has 3 aromatic rings. The van der Waals surface area contributed by atoms with Crippen molar-refractivity contribution >= 4 is 58.8 Å². The Balaban J connectivity index is 0.00000520. The van der Waals surface area contributed by atoms with Gasteiger partial charge in [-0.25, -0.2) is 9.55 Å². The van der Waals surface area contributed by atoms with Crippen molar-refractivity contribution in [3.8, 4) is 11.5 Å². The van der Waals surface area contributed by atoms with Crippen molar-refractivity contribution in [2.24, 2.45) is 5.16 Å². The van der Waals surface area contributed by atoms with Gasteiger partial charge in [0.2, 0.25) is 18.0 Å². The Hall–Kier alpha value is -5.31. The molecule has 5 rings (SSSR count). The largest absolute Gasteiger partial charge is 1.00 e. The smallest absolute Gasteiger partial charge is 0.546 e. The molecule has 10 N–H and O–H groups in total. The maximum absolute atomic E-state index is 13.4. The van der Waals surface area contributed by atoms with Crippen molar-refractivity contribution < 1.29 is 78.6 Å². The van der Waals surface area contributed by atoms with Gasteiger partial charge in [0.1, 0.15) is 11.4 Å². The maximum atomic E-state index is 13.4. The minimum Gasteiger partial charge on any atom is -0.546 e. The van der Waals surface area contributed by atoms with E-state index in [-0.39, 0.29) is 76.1 Å². The summed E-state index contributed by atoms with van der Waals surface area (Å²) in [5.74, 6) is -5.82. The second-order valence-electron chi connectivity index (χ2n) is 9.99. The fourth-order valence-electron chi connectivity index (χ4n) is 4.62. The van der Waals surface area contributed by atoms with E-state index in [1.54, 1.807) is 10.6 Å². The molecule has 0 unspecified atom stereocenters. The molecule has 2 amide bonds. The maximum Gasteiger partial charge on any atom is 1.00 e. The first-order valence-electron chi connectivity index (χ1n) is 13.4. The number of nitrogens with zero attached hydrogens (tertiary/aromatic N) is 5. The zero-order chi connectivity index (χ0) is 34.0. The Morgan fingerprint density at radius 3 is 2.58 bits per heavy atom. The Kier molecular flexibility index (Phi) is 10.8. The zero-order valence-electron chi connectivity index (χ0n) is 24.9. The molecule has 2 aromatic heterocycles. The molecule has 0 saturated carbocycles. The molecule has 2 aliphatic heterocycles. The van der Waals surface area contributed by atoms with Gasteiger partial charge in [-0.2, -0.15) is 0 Å². The molecule has 1 saturated heterocycles. The third-order valence-corrected chi connectivity index (χ3v) is 8.21. The van der Waals surface area contributed by atoms with Crippen LogP contribution in [0.1, 0.15) is 17.4 Å². The third kappa shape index (κ3) is 7.30. The minimum absolute atomic E-state index is 0. The summed E-state index contributed by atoms with van der Waals surface area (Å²) < 4.78 is 1.56. The molecule has 48 heavy (non-hydrogen) atoms. The number of nitrogen functional groups attached to an aromatic ring is 3.